The summed E-state index contributed by atoms with van der Waals surface area (Å²) in [6.45, 7) is 5.95. The van der Waals surface area contributed by atoms with Crippen molar-refractivity contribution in [3.05, 3.63) is 53.6 Å². The lowest BCUT2D eigenvalue weighted by Gasteiger charge is -2.21. The molecule has 0 bridgehead atoms. The topological polar surface area (TPSA) is 115 Å². The molecule has 2 aromatic rings. The first-order valence-electron chi connectivity index (χ1n) is 9.42. The quantitative estimate of drug-likeness (QED) is 0.434. The third-order valence-corrected chi connectivity index (χ3v) is 5.90. The molecule has 0 saturated heterocycles. The van der Waals surface area contributed by atoms with Crippen LogP contribution < -0.4 is 25.2 Å². The first-order chi connectivity index (χ1) is 14.1. The molecule has 0 unspecified atom stereocenters. The van der Waals surface area contributed by atoms with E-state index in [0.29, 0.717) is 23.6 Å². The maximum atomic E-state index is 12.7. The van der Waals surface area contributed by atoms with Gasteiger partial charge < -0.3 is 20.5 Å². The molecule has 0 aromatic heterocycles. The standard InChI is InChI=1S/C21H30N4O4S/c1-21(2,3)25-30(26,27)19-9-7-6-8-16(19)14-24-20(22)23-13-15-10-11-17(28-4)18(12-15)29-5/h6-12,25H,13-14H2,1-5H3,(H3,22,23,24). The van der Waals surface area contributed by atoms with Crippen molar-refractivity contribution >= 4 is 16.0 Å². The smallest absolute Gasteiger partial charge is 0.241 e. The molecule has 0 spiro atoms. The molecule has 2 aromatic carbocycles. The third kappa shape index (κ3) is 6.64. The highest BCUT2D eigenvalue weighted by Gasteiger charge is 2.24. The number of sulfonamides is 1. The number of guanidine groups is 1. The average Bonchev–Trinajstić information content (AvgIpc) is 2.68. The molecule has 0 saturated carbocycles. The van der Waals surface area contributed by atoms with Crippen molar-refractivity contribution < 1.29 is 17.9 Å². The minimum absolute atomic E-state index is 0.208. The number of benzene rings is 2. The summed E-state index contributed by atoms with van der Waals surface area (Å²) in [5.41, 5.74) is 6.88. The second-order valence-electron chi connectivity index (χ2n) is 7.71. The summed E-state index contributed by atoms with van der Waals surface area (Å²) in [5, 5.41) is 2.98. The molecule has 164 valence electrons. The first-order valence-corrected chi connectivity index (χ1v) is 10.9. The van der Waals surface area contributed by atoms with Crippen molar-refractivity contribution in [2.45, 2.75) is 44.3 Å². The Labute approximate surface area is 178 Å². The van der Waals surface area contributed by atoms with Crippen LogP contribution in [0, 0.1) is 0 Å². The van der Waals surface area contributed by atoms with Gasteiger partial charge in [-0.1, -0.05) is 24.3 Å². The monoisotopic (exact) mass is 434 g/mol. The summed E-state index contributed by atoms with van der Waals surface area (Å²) in [6.07, 6.45) is 0. The van der Waals surface area contributed by atoms with Gasteiger partial charge >= 0.3 is 0 Å². The van der Waals surface area contributed by atoms with E-state index in [2.05, 4.69) is 15.0 Å². The Bertz CT molecular complexity index is 998. The largest absolute Gasteiger partial charge is 0.493 e. The van der Waals surface area contributed by atoms with Crippen LogP contribution in [0.25, 0.3) is 0 Å². The van der Waals surface area contributed by atoms with Gasteiger partial charge in [0.05, 0.1) is 25.7 Å². The fraction of sp³-hybridized carbons (Fsp3) is 0.381. The molecule has 0 aliphatic heterocycles. The zero-order chi connectivity index (χ0) is 22.4. The number of ether oxygens (including phenoxy) is 2. The molecule has 0 atom stereocenters. The van der Waals surface area contributed by atoms with Gasteiger partial charge in [-0.25, -0.2) is 18.1 Å². The van der Waals surface area contributed by atoms with E-state index in [-0.39, 0.29) is 17.4 Å². The zero-order valence-corrected chi connectivity index (χ0v) is 18.8. The number of nitrogens with one attached hydrogen (secondary N) is 2. The number of hydrogen-bond donors (Lipinski definition) is 3. The lowest BCUT2D eigenvalue weighted by Crippen LogP contribution is -2.41. The molecule has 0 radical (unpaired) electrons. The molecule has 8 nitrogen and oxygen atoms in total. The van der Waals surface area contributed by atoms with E-state index in [9.17, 15) is 8.42 Å². The van der Waals surface area contributed by atoms with E-state index in [1.165, 1.54) is 0 Å². The molecule has 0 heterocycles. The molecular weight excluding hydrogens is 404 g/mol. The van der Waals surface area contributed by atoms with Crippen LogP contribution in [0.1, 0.15) is 31.9 Å². The highest BCUT2D eigenvalue weighted by atomic mass is 32.2. The lowest BCUT2D eigenvalue weighted by molar-refractivity contribution is 0.354. The van der Waals surface area contributed by atoms with Crippen molar-refractivity contribution in [1.82, 2.24) is 10.0 Å². The SMILES string of the molecule is COc1ccc(CN=C(N)NCc2ccccc2S(=O)(=O)NC(C)(C)C)cc1OC. The van der Waals surface area contributed by atoms with Crippen LogP contribution in [0.5, 0.6) is 11.5 Å². The normalized spacial score (nSPS) is 12.5. The van der Waals surface area contributed by atoms with E-state index in [0.717, 1.165) is 5.56 Å². The van der Waals surface area contributed by atoms with Crippen molar-refractivity contribution in [2.75, 3.05) is 14.2 Å². The number of methoxy groups -OCH3 is 2. The first kappa shape index (κ1) is 23.5. The van der Waals surface area contributed by atoms with Crippen LogP contribution in [-0.2, 0) is 23.1 Å². The molecule has 30 heavy (non-hydrogen) atoms. The molecule has 0 aliphatic rings. The van der Waals surface area contributed by atoms with E-state index in [4.69, 9.17) is 15.2 Å². The lowest BCUT2D eigenvalue weighted by atomic mass is 10.1. The minimum atomic E-state index is -3.66. The highest BCUT2D eigenvalue weighted by molar-refractivity contribution is 7.89. The average molecular weight is 435 g/mol. The van der Waals surface area contributed by atoms with Crippen molar-refractivity contribution in [3.63, 3.8) is 0 Å². The molecule has 2 rings (SSSR count). The van der Waals surface area contributed by atoms with Gasteiger partial charge in [-0.15, -0.1) is 0 Å². The Morgan fingerprint density at radius 2 is 1.73 bits per heavy atom. The molecule has 4 N–H and O–H groups in total. The summed E-state index contributed by atoms with van der Waals surface area (Å²) >= 11 is 0. The predicted octanol–water partition coefficient (Wildman–Crippen LogP) is 2.39. The van der Waals surface area contributed by atoms with Crippen molar-refractivity contribution in [3.8, 4) is 11.5 Å². The number of nitrogens with zero attached hydrogens (tertiary/aromatic N) is 1. The maximum absolute atomic E-state index is 12.7. The van der Waals surface area contributed by atoms with Gasteiger partial charge in [0, 0.05) is 12.1 Å². The predicted molar refractivity (Wildman–Crippen MR) is 118 cm³/mol. The van der Waals surface area contributed by atoms with Crippen LogP contribution in [0.2, 0.25) is 0 Å². The summed E-state index contributed by atoms with van der Waals surface area (Å²) < 4.78 is 38.6. The van der Waals surface area contributed by atoms with Crippen LogP contribution in [-0.4, -0.2) is 34.1 Å². The van der Waals surface area contributed by atoms with Gasteiger partial charge in [-0.2, -0.15) is 0 Å². The Balaban J connectivity index is 2.09. The number of nitrogens with two attached hydrogens (primary N) is 1. The number of hydrogen-bond acceptors (Lipinski definition) is 5. The van der Waals surface area contributed by atoms with E-state index in [1.807, 2.05) is 12.1 Å². The van der Waals surface area contributed by atoms with Gasteiger partial charge in [0.1, 0.15) is 0 Å². The van der Waals surface area contributed by atoms with Gasteiger partial charge in [0.2, 0.25) is 10.0 Å². The minimum Gasteiger partial charge on any atom is -0.493 e. The molecule has 0 fully saturated rings. The third-order valence-electron chi connectivity index (χ3n) is 4.04. The molecule has 9 heteroatoms. The van der Waals surface area contributed by atoms with Crippen LogP contribution >= 0.6 is 0 Å². The Hall–Kier alpha value is -2.78. The Morgan fingerprint density at radius 1 is 1.07 bits per heavy atom. The molecular formula is C21H30N4O4S. The van der Waals surface area contributed by atoms with E-state index in [1.54, 1.807) is 65.3 Å². The summed E-state index contributed by atoms with van der Waals surface area (Å²) in [6, 6.07) is 12.3. The Morgan fingerprint density at radius 3 is 2.37 bits per heavy atom. The second kappa shape index (κ2) is 9.82. The number of rotatable bonds is 8. The van der Waals surface area contributed by atoms with Gasteiger partial charge in [0.15, 0.2) is 17.5 Å². The zero-order valence-electron chi connectivity index (χ0n) is 18.0. The highest BCUT2D eigenvalue weighted by Crippen LogP contribution is 2.27. The Kier molecular flexibility index (Phi) is 7.69. The fourth-order valence-electron chi connectivity index (χ4n) is 2.77. The summed E-state index contributed by atoms with van der Waals surface area (Å²) in [7, 11) is -0.516. The van der Waals surface area contributed by atoms with Crippen LogP contribution in [0.3, 0.4) is 0 Å². The van der Waals surface area contributed by atoms with Crippen molar-refractivity contribution in [2.24, 2.45) is 10.7 Å². The summed E-state index contributed by atoms with van der Waals surface area (Å²) in [4.78, 5) is 4.52. The van der Waals surface area contributed by atoms with Crippen LogP contribution in [0.4, 0.5) is 0 Å². The second-order valence-corrected chi connectivity index (χ2v) is 9.36. The van der Waals surface area contributed by atoms with Gasteiger partial charge in [-0.05, 0) is 50.1 Å². The van der Waals surface area contributed by atoms with Gasteiger partial charge in [-0.3, -0.25) is 0 Å². The number of aliphatic imine (C=N–C) groups is 1. The fourth-order valence-corrected chi connectivity index (χ4v) is 4.43. The maximum Gasteiger partial charge on any atom is 0.241 e. The van der Waals surface area contributed by atoms with Crippen molar-refractivity contribution in [1.29, 1.82) is 0 Å². The summed E-state index contributed by atoms with van der Waals surface area (Å²) in [5.74, 6) is 1.46. The molecule has 0 aliphatic carbocycles. The van der Waals surface area contributed by atoms with Crippen LogP contribution in [0.15, 0.2) is 52.4 Å². The van der Waals surface area contributed by atoms with Gasteiger partial charge in [0.25, 0.3) is 0 Å². The van der Waals surface area contributed by atoms with E-state index >= 15 is 0 Å². The van der Waals surface area contributed by atoms with E-state index < -0.39 is 15.6 Å². The molecule has 0 amide bonds.